The Bertz CT molecular complexity index is 800. The van der Waals surface area contributed by atoms with E-state index >= 15 is 0 Å². The van der Waals surface area contributed by atoms with E-state index in [0.29, 0.717) is 5.75 Å². The van der Waals surface area contributed by atoms with E-state index in [2.05, 4.69) is 10.6 Å². The summed E-state index contributed by atoms with van der Waals surface area (Å²) in [5.74, 6) is 0.331. The molecule has 1 aliphatic heterocycles. The fourth-order valence-corrected chi connectivity index (χ4v) is 3.30. The molecule has 5 nitrogen and oxygen atoms in total. The monoisotopic (exact) mass is 280 g/mol. The predicted molar refractivity (Wildman–Crippen MR) is 75.9 cm³/mol. The van der Waals surface area contributed by atoms with Crippen molar-refractivity contribution in [3.05, 3.63) is 53.6 Å². The van der Waals surface area contributed by atoms with Crippen molar-refractivity contribution in [1.29, 1.82) is 0 Å². The maximum absolute atomic E-state index is 12.5. The lowest BCUT2D eigenvalue weighted by Gasteiger charge is -2.23. The molecule has 1 heterocycles. The summed E-state index contributed by atoms with van der Waals surface area (Å²) in [6.45, 7) is 0. The Kier molecular flexibility index (Phi) is 2.19. The molecule has 4 rings (SSSR count). The van der Waals surface area contributed by atoms with Crippen LogP contribution in [0.5, 0.6) is 5.75 Å². The van der Waals surface area contributed by atoms with Crippen LogP contribution in [-0.2, 0) is 10.3 Å². The van der Waals surface area contributed by atoms with Gasteiger partial charge in [0.15, 0.2) is 5.54 Å². The van der Waals surface area contributed by atoms with Gasteiger partial charge in [-0.25, -0.2) is 4.79 Å². The summed E-state index contributed by atoms with van der Waals surface area (Å²) >= 11 is 0. The number of fused-ring (bicyclic) bond motifs is 5. The molecule has 2 N–H and O–H groups in total. The van der Waals surface area contributed by atoms with Crippen LogP contribution in [0.2, 0.25) is 0 Å². The molecule has 2 aromatic rings. The van der Waals surface area contributed by atoms with Crippen LogP contribution in [0.4, 0.5) is 4.79 Å². The van der Waals surface area contributed by atoms with Gasteiger partial charge in [-0.15, -0.1) is 0 Å². The van der Waals surface area contributed by atoms with Gasteiger partial charge in [0.25, 0.3) is 5.91 Å². The van der Waals surface area contributed by atoms with Gasteiger partial charge in [0.1, 0.15) is 5.75 Å². The number of hydrogen-bond acceptors (Lipinski definition) is 3. The quantitative estimate of drug-likeness (QED) is 0.782. The van der Waals surface area contributed by atoms with E-state index in [4.69, 9.17) is 4.74 Å². The number of hydrogen-bond donors (Lipinski definition) is 2. The molecular formula is C16H12N2O3. The average Bonchev–Trinajstić information content (AvgIpc) is 2.96. The van der Waals surface area contributed by atoms with Crippen molar-refractivity contribution in [2.24, 2.45) is 0 Å². The minimum atomic E-state index is -1.16. The van der Waals surface area contributed by atoms with Gasteiger partial charge < -0.3 is 10.1 Å². The number of ether oxygens (including phenoxy) is 1. The van der Waals surface area contributed by atoms with Crippen molar-refractivity contribution in [3.8, 4) is 16.9 Å². The molecule has 0 bridgehead atoms. The summed E-state index contributed by atoms with van der Waals surface area (Å²) in [5.41, 5.74) is 2.12. The Morgan fingerprint density at radius 3 is 2.48 bits per heavy atom. The van der Waals surface area contributed by atoms with Gasteiger partial charge in [0.05, 0.1) is 7.11 Å². The van der Waals surface area contributed by atoms with Crippen LogP contribution in [0.15, 0.2) is 42.5 Å². The standard InChI is InChI=1S/C16H12N2O3/c1-21-12-8-4-7-11-13(12)9-5-2-3-6-10(9)16(11)14(19)17-15(20)18-16/h2-8H,1H3,(H2,17,18,19,20). The van der Waals surface area contributed by atoms with Gasteiger partial charge in [0, 0.05) is 11.1 Å². The van der Waals surface area contributed by atoms with Gasteiger partial charge in [-0.05, 0) is 17.2 Å². The third-order valence-electron chi connectivity index (χ3n) is 4.12. The zero-order chi connectivity index (χ0) is 14.6. The molecule has 1 saturated heterocycles. The van der Waals surface area contributed by atoms with Crippen molar-refractivity contribution in [2.45, 2.75) is 5.54 Å². The maximum Gasteiger partial charge on any atom is 0.322 e. The first-order valence-electron chi connectivity index (χ1n) is 6.59. The Morgan fingerprint density at radius 1 is 1.00 bits per heavy atom. The molecule has 21 heavy (non-hydrogen) atoms. The number of methoxy groups -OCH3 is 1. The Balaban J connectivity index is 2.13. The molecule has 5 heteroatoms. The Hall–Kier alpha value is -2.82. The van der Waals surface area contributed by atoms with Crippen LogP contribution in [0.3, 0.4) is 0 Å². The smallest absolute Gasteiger partial charge is 0.322 e. The Morgan fingerprint density at radius 2 is 1.76 bits per heavy atom. The molecular weight excluding hydrogens is 268 g/mol. The average molecular weight is 280 g/mol. The molecule has 2 aliphatic rings. The van der Waals surface area contributed by atoms with Crippen molar-refractivity contribution in [2.75, 3.05) is 7.11 Å². The third-order valence-corrected chi connectivity index (χ3v) is 4.12. The highest BCUT2D eigenvalue weighted by atomic mass is 16.5. The molecule has 1 unspecified atom stereocenters. The minimum absolute atomic E-state index is 0.355. The zero-order valence-corrected chi connectivity index (χ0v) is 11.3. The molecule has 1 fully saturated rings. The lowest BCUT2D eigenvalue weighted by atomic mass is 9.87. The molecule has 3 amide bonds. The van der Waals surface area contributed by atoms with Crippen molar-refractivity contribution >= 4 is 11.9 Å². The fraction of sp³-hybridized carbons (Fsp3) is 0.125. The van der Waals surface area contributed by atoms with Gasteiger partial charge in [-0.1, -0.05) is 36.4 Å². The molecule has 104 valence electrons. The Labute approximate surface area is 120 Å². The second-order valence-corrected chi connectivity index (χ2v) is 5.09. The first-order valence-corrected chi connectivity index (χ1v) is 6.59. The lowest BCUT2D eigenvalue weighted by molar-refractivity contribution is -0.122. The number of carbonyl (C=O) groups excluding carboxylic acids is 2. The van der Waals surface area contributed by atoms with Crippen LogP contribution in [-0.4, -0.2) is 19.0 Å². The number of benzene rings is 2. The zero-order valence-electron chi connectivity index (χ0n) is 11.3. The molecule has 1 aliphatic carbocycles. The van der Waals surface area contributed by atoms with E-state index < -0.39 is 11.6 Å². The van der Waals surface area contributed by atoms with E-state index in [-0.39, 0.29) is 5.91 Å². The fourth-order valence-electron chi connectivity index (χ4n) is 3.30. The van der Waals surface area contributed by atoms with Crippen LogP contribution in [0.1, 0.15) is 11.1 Å². The van der Waals surface area contributed by atoms with Crippen LogP contribution >= 0.6 is 0 Å². The van der Waals surface area contributed by atoms with Gasteiger partial charge in [-0.3, -0.25) is 10.1 Å². The summed E-state index contributed by atoms with van der Waals surface area (Å²) in [7, 11) is 1.59. The van der Waals surface area contributed by atoms with E-state index in [1.807, 2.05) is 42.5 Å². The van der Waals surface area contributed by atoms with Crippen molar-refractivity contribution in [1.82, 2.24) is 10.6 Å². The van der Waals surface area contributed by atoms with Crippen LogP contribution < -0.4 is 15.4 Å². The van der Waals surface area contributed by atoms with E-state index in [0.717, 1.165) is 22.3 Å². The summed E-state index contributed by atoms with van der Waals surface area (Å²) in [6.07, 6.45) is 0. The highest BCUT2D eigenvalue weighted by Gasteiger charge is 2.55. The summed E-state index contributed by atoms with van der Waals surface area (Å²) in [4.78, 5) is 24.2. The lowest BCUT2D eigenvalue weighted by Crippen LogP contribution is -2.43. The molecule has 0 radical (unpaired) electrons. The molecule has 1 spiro atoms. The van der Waals surface area contributed by atoms with Gasteiger partial charge in [-0.2, -0.15) is 0 Å². The second-order valence-electron chi connectivity index (χ2n) is 5.09. The topological polar surface area (TPSA) is 67.4 Å². The first kappa shape index (κ1) is 12.0. The van der Waals surface area contributed by atoms with E-state index in [1.165, 1.54) is 0 Å². The number of imide groups is 1. The molecule has 0 saturated carbocycles. The van der Waals surface area contributed by atoms with E-state index in [9.17, 15) is 9.59 Å². The molecule has 0 aromatic heterocycles. The number of carbonyl (C=O) groups is 2. The predicted octanol–water partition coefficient (Wildman–Crippen LogP) is 1.76. The third kappa shape index (κ3) is 1.30. The number of amides is 3. The van der Waals surface area contributed by atoms with Crippen molar-refractivity contribution < 1.29 is 14.3 Å². The van der Waals surface area contributed by atoms with E-state index in [1.54, 1.807) is 7.11 Å². The summed E-state index contributed by atoms with van der Waals surface area (Å²) < 4.78 is 5.43. The second kappa shape index (κ2) is 3.85. The van der Waals surface area contributed by atoms with Crippen molar-refractivity contribution in [3.63, 3.8) is 0 Å². The van der Waals surface area contributed by atoms with Crippen LogP contribution in [0, 0.1) is 0 Å². The van der Waals surface area contributed by atoms with Gasteiger partial charge in [0.2, 0.25) is 0 Å². The number of nitrogens with one attached hydrogen (secondary N) is 2. The molecule has 1 atom stereocenters. The maximum atomic E-state index is 12.5. The normalized spacial score (nSPS) is 21.8. The number of rotatable bonds is 1. The minimum Gasteiger partial charge on any atom is -0.496 e. The highest BCUT2D eigenvalue weighted by Crippen LogP contribution is 2.51. The largest absolute Gasteiger partial charge is 0.496 e. The summed E-state index contributed by atoms with van der Waals surface area (Å²) in [6, 6.07) is 12.6. The first-order chi connectivity index (χ1) is 10.2. The highest BCUT2D eigenvalue weighted by molar-refractivity contribution is 6.13. The number of urea groups is 1. The summed E-state index contributed by atoms with van der Waals surface area (Å²) in [5, 5.41) is 5.13. The van der Waals surface area contributed by atoms with Crippen LogP contribution in [0.25, 0.3) is 11.1 Å². The molecule has 2 aromatic carbocycles. The van der Waals surface area contributed by atoms with Gasteiger partial charge >= 0.3 is 6.03 Å². The SMILES string of the molecule is COc1cccc2c1-c1ccccc1C21NC(=O)NC1=O.